The molecule has 0 unspecified atom stereocenters. The predicted octanol–water partition coefficient (Wildman–Crippen LogP) is 1.49. The van der Waals surface area contributed by atoms with Crippen molar-refractivity contribution in [1.82, 2.24) is 14.2 Å². The van der Waals surface area contributed by atoms with Crippen molar-refractivity contribution in [2.75, 3.05) is 19.6 Å². The molecule has 2 fully saturated rings. The third kappa shape index (κ3) is 3.72. The van der Waals surface area contributed by atoms with Crippen molar-refractivity contribution in [2.24, 2.45) is 5.92 Å². The van der Waals surface area contributed by atoms with E-state index in [2.05, 4.69) is 11.9 Å². The largest absolute Gasteiger partial charge is 0.342 e. The van der Waals surface area contributed by atoms with E-state index in [4.69, 9.17) is 0 Å². The molecule has 1 saturated carbocycles. The number of rotatable bonds is 5. The summed E-state index contributed by atoms with van der Waals surface area (Å²) in [6.45, 7) is 3.58. The van der Waals surface area contributed by atoms with E-state index in [0.29, 0.717) is 5.92 Å². The number of carbonyl (C=O) groups excluding carboxylic acids is 1. The summed E-state index contributed by atoms with van der Waals surface area (Å²) >= 11 is 0. The lowest BCUT2D eigenvalue weighted by molar-refractivity contribution is -0.132. The van der Waals surface area contributed by atoms with Crippen LogP contribution in [-0.4, -0.2) is 54.2 Å². The van der Waals surface area contributed by atoms with Gasteiger partial charge in [0.15, 0.2) is 0 Å². The van der Waals surface area contributed by atoms with Crippen molar-refractivity contribution in [3.05, 3.63) is 24.5 Å². The van der Waals surface area contributed by atoms with E-state index in [1.54, 1.807) is 17.2 Å². The number of amides is 1. The Morgan fingerprint density at radius 2 is 2.00 bits per heavy atom. The van der Waals surface area contributed by atoms with Crippen molar-refractivity contribution in [1.29, 1.82) is 0 Å². The van der Waals surface area contributed by atoms with Crippen LogP contribution in [-0.2, 0) is 14.8 Å². The van der Waals surface area contributed by atoms with Crippen LogP contribution in [0.3, 0.4) is 0 Å². The summed E-state index contributed by atoms with van der Waals surface area (Å²) in [7, 11) is -3.66. The van der Waals surface area contributed by atoms with Gasteiger partial charge in [-0.2, -0.15) is 4.31 Å². The minimum Gasteiger partial charge on any atom is -0.342 e. The molecule has 0 atom stereocenters. The van der Waals surface area contributed by atoms with Gasteiger partial charge in [-0.15, -0.1) is 0 Å². The quantitative estimate of drug-likeness (QED) is 0.816. The van der Waals surface area contributed by atoms with Crippen LogP contribution in [0.15, 0.2) is 29.4 Å². The second-order valence-corrected chi connectivity index (χ2v) is 8.42. The summed E-state index contributed by atoms with van der Waals surface area (Å²) in [5.74, 6) is 0.550. The average molecular weight is 337 g/mol. The van der Waals surface area contributed by atoms with E-state index in [1.165, 1.54) is 16.6 Å². The molecule has 1 aromatic rings. The fourth-order valence-corrected chi connectivity index (χ4v) is 4.50. The van der Waals surface area contributed by atoms with Crippen LogP contribution >= 0.6 is 0 Å². The maximum atomic E-state index is 12.8. The van der Waals surface area contributed by atoms with Crippen molar-refractivity contribution in [3.63, 3.8) is 0 Å². The molecular weight excluding hydrogens is 314 g/mol. The number of sulfonamides is 1. The number of hydrogen-bond donors (Lipinski definition) is 0. The number of likely N-dealkylation sites (tertiary alicyclic amines) is 1. The van der Waals surface area contributed by atoms with Crippen LogP contribution in [0.5, 0.6) is 0 Å². The fraction of sp³-hybridized carbons (Fsp3) is 0.625. The molecule has 0 N–H and O–H groups in total. The summed E-state index contributed by atoms with van der Waals surface area (Å²) in [4.78, 5) is 18.4. The molecule has 23 heavy (non-hydrogen) atoms. The third-order valence-corrected chi connectivity index (χ3v) is 6.50. The molecule has 0 aromatic carbocycles. The molecule has 0 spiro atoms. The van der Waals surface area contributed by atoms with Crippen LogP contribution < -0.4 is 0 Å². The Morgan fingerprint density at radius 1 is 1.30 bits per heavy atom. The van der Waals surface area contributed by atoms with Gasteiger partial charge in [0, 0.05) is 31.5 Å². The normalized spacial score (nSPS) is 20.0. The van der Waals surface area contributed by atoms with Gasteiger partial charge in [0.1, 0.15) is 4.90 Å². The third-order valence-electron chi connectivity index (χ3n) is 4.62. The number of nitrogens with zero attached hydrogens (tertiary/aromatic N) is 3. The molecule has 7 heteroatoms. The lowest BCUT2D eigenvalue weighted by atomic mass is 9.99. The Hall–Kier alpha value is -1.47. The Bertz CT molecular complexity index is 650. The maximum absolute atomic E-state index is 12.8. The van der Waals surface area contributed by atoms with Crippen LogP contribution in [0.4, 0.5) is 0 Å². The van der Waals surface area contributed by atoms with Gasteiger partial charge in [-0.25, -0.2) is 8.42 Å². The second-order valence-electron chi connectivity index (χ2n) is 6.53. The smallest absolute Gasteiger partial charge is 0.245 e. The molecule has 6 nitrogen and oxygen atoms in total. The molecule has 1 aliphatic carbocycles. The minimum absolute atomic E-state index is 0.0483. The van der Waals surface area contributed by atoms with E-state index >= 15 is 0 Å². The Morgan fingerprint density at radius 3 is 2.57 bits per heavy atom. The summed E-state index contributed by atoms with van der Waals surface area (Å²) < 4.78 is 27.0. The molecule has 0 bridgehead atoms. The van der Waals surface area contributed by atoms with Crippen molar-refractivity contribution in [2.45, 2.75) is 43.5 Å². The van der Waals surface area contributed by atoms with Crippen LogP contribution in [0.2, 0.25) is 0 Å². The number of pyridine rings is 1. The summed E-state index contributed by atoms with van der Waals surface area (Å²) in [5, 5.41) is 0. The monoisotopic (exact) mass is 337 g/mol. The Balaban J connectivity index is 1.74. The van der Waals surface area contributed by atoms with Crippen molar-refractivity contribution < 1.29 is 13.2 Å². The highest BCUT2D eigenvalue weighted by atomic mass is 32.2. The molecule has 3 rings (SSSR count). The lowest BCUT2D eigenvalue weighted by Gasteiger charge is -2.32. The molecule has 1 aromatic heterocycles. The van der Waals surface area contributed by atoms with Gasteiger partial charge in [0.2, 0.25) is 15.9 Å². The molecule has 126 valence electrons. The van der Waals surface area contributed by atoms with Crippen LogP contribution in [0.25, 0.3) is 0 Å². The summed E-state index contributed by atoms with van der Waals surface area (Å²) in [5.41, 5.74) is 0. The summed E-state index contributed by atoms with van der Waals surface area (Å²) in [6, 6.07) is 3.09. The second kappa shape index (κ2) is 6.57. The molecule has 1 amide bonds. The number of piperidine rings is 1. The molecule has 0 radical (unpaired) electrons. The van der Waals surface area contributed by atoms with E-state index in [-0.39, 0.29) is 23.4 Å². The minimum atomic E-state index is -3.66. The van der Waals surface area contributed by atoms with Crippen molar-refractivity contribution >= 4 is 15.9 Å². The number of aromatic nitrogens is 1. The topological polar surface area (TPSA) is 70.6 Å². The van der Waals surface area contributed by atoms with E-state index in [1.807, 2.05) is 0 Å². The van der Waals surface area contributed by atoms with E-state index in [0.717, 1.165) is 38.8 Å². The van der Waals surface area contributed by atoms with Gasteiger partial charge < -0.3 is 4.90 Å². The van der Waals surface area contributed by atoms with Gasteiger partial charge in [-0.1, -0.05) is 6.92 Å². The highest BCUT2D eigenvalue weighted by molar-refractivity contribution is 7.89. The molecule has 1 saturated heterocycles. The Kier molecular flexibility index (Phi) is 4.68. The predicted molar refractivity (Wildman–Crippen MR) is 86.1 cm³/mol. The van der Waals surface area contributed by atoms with Crippen LogP contribution in [0.1, 0.15) is 32.6 Å². The van der Waals surface area contributed by atoms with Crippen LogP contribution in [0, 0.1) is 5.92 Å². The SMILES string of the molecule is CC1CCN(C(=O)CN(C2CC2)S(=O)(=O)c2cccnc2)CC1. The fourth-order valence-electron chi connectivity index (χ4n) is 2.90. The zero-order valence-corrected chi connectivity index (χ0v) is 14.2. The number of carbonyl (C=O) groups is 1. The molecule has 2 aliphatic rings. The maximum Gasteiger partial charge on any atom is 0.245 e. The van der Waals surface area contributed by atoms with Gasteiger partial charge >= 0.3 is 0 Å². The van der Waals surface area contributed by atoms with Gasteiger partial charge in [-0.3, -0.25) is 9.78 Å². The van der Waals surface area contributed by atoms with Gasteiger partial charge in [-0.05, 0) is 43.7 Å². The van der Waals surface area contributed by atoms with Gasteiger partial charge in [0.05, 0.1) is 6.54 Å². The first-order valence-electron chi connectivity index (χ1n) is 8.18. The van der Waals surface area contributed by atoms with E-state index < -0.39 is 10.0 Å². The first-order chi connectivity index (χ1) is 11.0. The highest BCUT2D eigenvalue weighted by Gasteiger charge is 2.40. The first kappa shape index (κ1) is 16.4. The zero-order chi connectivity index (χ0) is 16.4. The highest BCUT2D eigenvalue weighted by Crippen LogP contribution is 2.32. The summed E-state index contributed by atoms with van der Waals surface area (Å²) in [6.07, 6.45) is 6.51. The average Bonchev–Trinajstić information content (AvgIpc) is 3.38. The van der Waals surface area contributed by atoms with Gasteiger partial charge in [0.25, 0.3) is 0 Å². The Labute approximate surface area is 137 Å². The molecule has 2 heterocycles. The van der Waals surface area contributed by atoms with E-state index in [9.17, 15) is 13.2 Å². The molecule has 1 aliphatic heterocycles. The zero-order valence-electron chi connectivity index (χ0n) is 13.4. The standard InChI is InChI=1S/C16H23N3O3S/c1-13-6-9-18(10-7-13)16(20)12-19(14-4-5-14)23(21,22)15-3-2-8-17-11-15/h2-3,8,11,13-14H,4-7,9-10,12H2,1H3. The lowest BCUT2D eigenvalue weighted by Crippen LogP contribution is -2.46. The number of hydrogen-bond acceptors (Lipinski definition) is 4. The molecular formula is C16H23N3O3S. The first-order valence-corrected chi connectivity index (χ1v) is 9.62. The van der Waals surface area contributed by atoms with Crippen molar-refractivity contribution in [3.8, 4) is 0 Å².